The number of ether oxygens (including phenoxy) is 1. The summed E-state index contributed by atoms with van der Waals surface area (Å²) in [5, 5.41) is 11.7. The lowest BCUT2D eigenvalue weighted by atomic mass is 10.00. The van der Waals surface area contributed by atoms with E-state index in [-0.39, 0.29) is 11.8 Å². The molecular formula is C32H34N4O4. The zero-order valence-corrected chi connectivity index (χ0v) is 22.9. The molecule has 1 aliphatic heterocycles. The van der Waals surface area contributed by atoms with E-state index in [0.29, 0.717) is 34.6 Å². The first-order valence-electron chi connectivity index (χ1n) is 13.6. The van der Waals surface area contributed by atoms with E-state index in [0.717, 1.165) is 36.3 Å². The first kappa shape index (κ1) is 27.1. The minimum atomic E-state index is -0.454. The number of amides is 1. The van der Waals surface area contributed by atoms with E-state index in [1.807, 2.05) is 59.5 Å². The number of carbonyl (C=O) groups excluding carboxylic acids is 2. The van der Waals surface area contributed by atoms with Crippen LogP contribution in [0.4, 0.5) is 11.4 Å². The lowest BCUT2D eigenvalue weighted by Gasteiger charge is -2.29. The number of hydrogen-bond acceptors (Lipinski definition) is 6. The first-order chi connectivity index (χ1) is 19.4. The summed E-state index contributed by atoms with van der Waals surface area (Å²) in [5.74, 6) is -0.491. The van der Waals surface area contributed by atoms with Crippen molar-refractivity contribution in [1.29, 1.82) is 0 Å². The molecule has 0 radical (unpaired) electrons. The fraction of sp³-hybridized carbons (Fsp3) is 0.281. The highest BCUT2D eigenvalue weighted by Crippen LogP contribution is 2.32. The van der Waals surface area contributed by atoms with Crippen LogP contribution in [0.25, 0.3) is 10.9 Å². The van der Waals surface area contributed by atoms with Crippen LogP contribution in [0.3, 0.4) is 0 Å². The van der Waals surface area contributed by atoms with Crippen molar-refractivity contribution in [2.24, 2.45) is 4.99 Å². The van der Waals surface area contributed by atoms with Crippen molar-refractivity contribution in [2.45, 2.75) is 26.2 Å². The molecule has 206 valence electrons. The Bertz CT molecular complexity index is 1520. The second-order valence-electron chi connectivity index (χ2n) is 10.0. The molecule has 1 aromatic heterocycles. The number of aromatic hydroxyl groups is 1. The fourth-order valence-corrected chi connectivity index (χ4v) is 5.26. The molecule has 4 aromatic rings. The van der Waals surface area contributed by atoms with Gasteiger partial charge in [-0.15, -0.1) is 0 Å². The molecule has 1 fully saturated rings. The zero-order chi connectivity index (χ0) is 28.1. The highest BCUT2D eigenvalue weighted by atomic mass is 16.5. The van der Waals surface area contributed by atoms with Crippen molar-refractivity contribution in [3.63, 3.8) is 0 Å². The Kier molecular flexibility index (Phi) is 8.26. The average molecular weight is 539 g/mol. The summed E-state index contributed by atoms with van der Waals surface area (Å²) in [6, 6.07) is 22.3. The molecule has 0 saturated carbocycles. The van der Waals surface area contributed by atoms with Crippen molar-refractivity contribution in [1.82, 2.24) is 9.88 Å². The Morgan fingerprint density at radius 1 is 0.975 bits per heavy atom. The van der Waals surface area contributed by atoms with Gasteiger partial charge in [-0.1, -0.05) is 42.8 Å². The van der Waals surface area contributed by atoms with Gasteiger partial charge in [0, 0.05) is 42.2 Å². The lowest BCUT2D eigenvalue weighted by Crippen LogP contribution is -2.39. The smallest absolute Gasteiger partial charge is 0.337 e. The second-order valence-corrected chi connectivity index (χ2v) is 10.0. The number of carbonyl (C=O) groups is 2. The van der Waals surface area contributed by atoms with Gasteiger partial charge in [0.1, 0.15) is 0 Å². The molecule has 0 bridgehead atoms. The standard InChI is InChI=1S/C32H34N4O4/c1-22(37)36(20-19-35-17-7-4-8-18-35)26-14-12-25(13-15-26)33-30(23-9-5-3-6-10-23)29-27-16-11-24(32(39)40-2)21-28(27)34-31(29)38/h3,5-6,9-16,21,34,38H,4,7-8,17-20H2,1-2H3. The fourth-order valence-electron chi connectivity index (χ4n) is 5.26. The minimum absolute atomic E-state index is 0.00766. The van der Waals surface area contributed by atoms with Crippen LogP contribution in [0.1, 0.15) is 47.7 Å². The lowest BCUT2D eigenvalue weighted by molar-refractivity contribution is -0.116. The first-order valence-corrected chi connectivity index (χ1v) is 13.6. The number of nitrogens with zero attached hydrogens (tertiary/aromatic N) is 3. The van der Waals surface area contributed by atoms with Crippen molar-refractivity contribution in [3.8, 4) is 5.88 Å². The molecule has 8 heteroatoms. The number of H-pyrrole nitrogens is 1. The van der Waals surface area contributed by atoms with Gasteiger partial charge in [0.15, 0.2) is 5.88 Å². The number of aromatic nitrogens is 1. The van der Waals surface area contributed by atoms with Gasteiger partial charge in [0.2, 0.25) is 5.91 Å². The summed E-state index contributed by atoms with van der Waals surface area (Å²) in [7, 11) is 1.33. The molecule has 0 spiro atoms. The summed E-state index contributed by atoms with van der Waals surface area (Å²) in [6.07, 6.45) is 3.72. The van der Waals surface area contributed by atoms with Crippen molar-refractivity contribution < 1.29 is 19.4 Å². The van der Waals surface area contributed by atoms with Gasteiger partial charge >= 0.3 is 5.97 Å². The Morgan fingerprint density at radius 2 is 1.70 bits per heavy atom. The van der Waals surface area contributed by atoms with Gasteiger partial charge in [0.05, 0.1) is 29.6 Å². The summed E-state index contributed by atoms with van der Waals surface area (Å²) in [6.45, 7) is 5.28. The van der Waals surface area contributed by atoms with Crippen molar-refractivity contribution in [2.75, 3.05) is 38.2 Å². The Morgan fingerprint density at radius 3 is 2.38 bits per heavy atom. The van der Waals surface area contributed by atoms with E-state index in [9.17, 15) is 14.7 Å². The van der Waals surface area contributed by atoms with Crippen molar-refractivity contribution in [3.05, 3.63) is 89.5 Å². The van der Waals surface area contributed by atoms with E-state index >= 15 is 0 Å². The third-order valence-corrected chi connectivity index (χ3v) is 7.35. The third kappa shape index (κ3) is 5.92. The normalized spacial score (nSPS) is 14.3. The number of piperidine rings is 1. The largest absolute Gasteiger partial charge is 0.494 e. The number of aromatic amines is 1. The van der Waals surface area contributed by atoms with E-state index in [2.05, 4.69) is 9.88 Å². The zero-order valence-electron chi connectivity index (χ0n) is 22.9. The molecule has 0 atom stereocenters. The molecule has 5 rings (SSSR count). The predicted octanol–water partition coefficient (Wildman–Crippen LogP) is 5.67. The SMILES string of the molecule is COC(=O)c1ccc2c(C(=Nc3ccc(N(CCN4CCCCC4)C(C)=O)cc3)c3ccccc3)c(O)[nH]c2c1. The maximum absolute atomic E-state index is 12.5. The van der Waals surface area contributed by atoms with Crippen molar-refractivity contribution >= 4 is 39.9 Å². The number of methoxy groups -OCH3 is 1. The summed E-state index contributed by atoms with van der Waals surface area (Å²) < 4.78 is 4.84. The van der Waals surface area contributed by atoms with Gasteiger partial charge in [-0.3, -0.25) is 4.79 Å². The van der Waals surface area contributed by atoms with E-state index in [1.54, 1.807) is 25.1 Å². The topological polar surface area (TPSA) is 98.2 Å². The highest BCUT2D eigenvalue weighted by molar-refractivity contribution is 6.22. The summed E-state index contributed by atoms with van der Waals surface area (Å²) in [5.41, 5.74) is 4.43. The number of rotatable bonds is 8. The van der Waals surface area contributed by atoms with E-state index < -0.39 is 5.97 Å². The number of benzene rings is 3. The Labute approximate surface area is 233 Å². The van der Waals surface area contributed by atoms with Crippen LogP contribution in [0.15, 0.2) is 77.8 Å². The summed E-state index contributed by atoms with van der Waals surface area (Å²) in [4.78, 5) is 36.7. The maximum Gasteiger partial charge on any atom is 0.337 e. The molecule has 40 heavy (non-hydrogen) atoms. The maximum atomic E-state index is 12.5. The third-order valence-electron chi connectivity index (χ3n) is 7.35. The number of fused-ring (bicyclic) bond motifs is 1. The molecule has 1 saturated heterocycles. The van der Waals surface area contributed by atoms with Crippen LogP contribution >= 0.6 is 0 Å². The molecule has 0 aliphatic carbocycles. The van der Waals surface area contributed by atoms with E-state index in [1.165, 1.54) is 26.4 Å². The number of nitrogens with one attached hydrogen (secondary N) is 1. The van der Waals surface area contributed by atoms with Gasteiger partial charge in [-0.2, -0.15) is 0 Å². The number of anilines is 1. The minimum Gasteiger partial charge on any atom is -0.494 e. The predicted molar refractivity (Wildman–Crippen MR) is 158 cm³/mol. The molecule has 2 heterocycles. The number of hydrogen-bond donors (Lipinski definition) is 2. The van der Waals surface area contributed by atoms with Gasteiger partial charge in [-0.05, 0) is 62.3 Å². The van der Waals surface area contributed by atoms with E-state index in [4.69, 9.17) is 9.73 Å². The van der Waals surface area contributed by atoms with Crippen LogP contribution in [0.5, 0.6) is 5.88 Å². The Hall–Kier alpha value is -4.43. The van der Waals surface area contributed by atoms with Crippen LogP contribution in [-0.2, 0) is 9.53 Å². The molecular weight excluding hydrogens is 504 g/mol. The molecule has 8 nitrogen and oxygen atoms in total. The molecule has 2 N–H and O–H groups in total. The Balaban J connectivity index is 1.48. The highest BCUT2D eigenvalue weighted by Gasteiger charge is 2.20. The summed E-state index contributed by atoms with van der Waals surface area (Å²) >= 11 is 0. The molecule has 0 unspecified atom stereocenters. The monoisotopic (exact) mass is 538 g/mol. The van der Waals surface area contributed by atoms with Crippen LogP contribution in [0.2, 0.25) is 0 Å². The molecule has 1 amide bonds. The number of likely N-dealkylation sites (tertiary alicyclic amines) is 1. The number of aliphatic imine (C=N–C) groups is 1. The quantitative estimate of drug-likeness (QED) is 0.223. The molecule has 3 aromatic carbocycles. The van der Waals surface area contributed by atoms with Gasteiger partial charge in [-0.25, -0.2) is 9.79 Å². The van der Waals surface area contributed by atoms with Crippen LogP contribution in [-0.4, -0.2) is 65.9 Å². The van der Waals surface area contributed by atoms with Gasteiger partial charge in [0.25, 0.3) is 0 Å². The van der Waals surface area contributed by atoms with Crippen LogP contribution in [0, 0.1) is 0 Å². The van der Waals surface area contributed by atoms with Crippen LogP contribution < -0.4 is 4.90 Å². The molecule has 1 aliphatic rings. The average Bonchev–Trinajstić information content (AvgIpc) is 3.31. The van der Waals surface area contributed by atoms with Gasteiger partial charge < -0.3 is 24.6 Å². The second kappa shape index (κ2) is 12.2. The number of esters is 1.